The number of fused-ring (bicyclic) bond motifs is 1. The molecule has 124 valence electrons. The van der Waals surface area contributed by atoms with Gasteiger partial charge in [-0.05, 0) is 18.2 Å². The third-order valence-corrected chi connectivity index (χ3v) is 3.54. The Bertz CT molecular complexity index is 1030. The molecule has 0 amide bonds. The number of hydrogen-bond acceptors (Lipinski definition) is 5. The van der Waals surface area contributed by atoms with Gasteiger partial charge in [-0.25, -0.2) is 8.78 Å². The van der Waals surface area contributed by atoms with Gasteiger partial charge in [0.25, 0.3) is 0 Å². The molecule has 8 heteroatoms. The highest BCUT2D eigenvalue weighted by Gasteiger charge is 2.24. The van der Waals surface area contributed by atoms with E-state index >= 15 is 0 Å². The van der Waals surface area contributed by atoms with Crippen LogP contribution in [0.2, 0.25) is 0 Å². The van der Waals surface area contributed by atoms with Crippen molar-refractivity contribution < 1.29 is 22.3 Å². The second-order valence-corrected chi connectivity index (χ2v) is 4.99. The third kappa shape index (κ3) is 2.23. The van der Waals surface area contributed by atoms with E-state index in [9.17, 15) is 18.0 Å². The summed E-state index contributed by atoms with van der Waals surface area (Å²) in [5.74, 6) is -4.04. The number of methoxy groups -OCH3 is 1. The van der Waals surface area contributed by atoms with Gasteiger partial charge in [-0.2, -0.15) is 4.39 Å². The summed E-state index contributed by atoms with van der Waals surface area (Å²) in [7, 11) is 1.05. The van der Waals surface area contributed by atoms with Gasteiger partial charge < -0.3 is 20.6 Å². The number of anilines is 2. The first kappa shape index (κ1) is 15.7. The summed E-state index contributed by atoms with van der Waals surface area (Å²) < 4.78 is 51.9. The Morgan fingerprint density at radius 3 is 2.42 bits per heavy atom. The standard InChI is InChI=1S/C16H11F3N2O3/c1-23-16-12(18)14(21)11-9(22)5-10(24-15(11)13(16)19)6-2-3-8(20)7(17)4-6/h2-5H,20-21H2,1H3. The summed E-state index contributed by atoms with van der Waals surface area (Å²) in [6.07, 6.45) is 0. The molecule has 24 heavy (non-hydrogen) atoms. The molecule has 0 aliphatic rings. The molecule has 0 atom stereocenters. The average Bonchev–Trinajstić information content (AvgIpc) is 2.55. The van der Waals surface area contributed by atoms with Gasteiger partial charge in [-0.3, -0.25) is 4.79 Å². The minimum Gasteiger partial charge on any atom is -0.491 e. The van der Waals surface area contributed by atoms with Crippen molar-refractivity contribution in [1.82, 2.24) is 0 Å². The Hall–Kier alpha value is -3.16. The van der Waals surface area contributed by atoms with E-state index in [-0.39, 0.29) is 17.0 Å². The Morgan fingerprint density at radius 1 is 1.08 bits per heavy atom. The van der Waals surface area contributed by atoms with E-state index in [1.807, 2.05) is 0 Å². The molecule has 1 heterocycles. The van der Waals surface area contributed by atoms with Gasteiger partial charge in [-0.1, -0.05) is 0 Å². The highest BCUT2D eigenvalue weighted by molar-refractivity contribution is 5.92. The molecule has 0 bridgehead atoms. The van der Waals surface area contributed by atoms with E-state index in [0.717, 1.165) is 19.2 Å². The first-order valence-corrected chi connectivity index (χ1v) is 6.68. The molecule has 0 aliphatic heterocycles. The maximum atomic E-state index is 14.4. The van der Waals surface area contributed by atoms with Crippen LogP contribution >= 0.6 is 0 Å². The van der Waals surface area contributed by atoms with Crippen molar-refractivity contribution in [3.8, 4) is 17.1 Å². The quantitative estimate of drug-likeness (QED) is 0.702. The van der Waals surface area contributed by atoms with Crippen LogP contribution in [0.15, 0.2) is 33.5 Å². The van der Waals surface area contributed by atoms with E-state index in [0.29, 0.717) is 0 Å². The first-order chi connectivity index (χ1) is 11.3. The van der Waals surface area contributed by atoms with Crippen LogP contribution in [0, 0.1) is 17.5 Å². The predicted octanol–water partition coefficient (Wildman–Crippen LogP) is 3.05. The van der Waals surface area contributed by atoms with Gasteiger partial charge in [0, 0.05) is 11.6 Å². The molecule has 0 spiro atoms. The maximum absolute atomic E-state index is 14.4. The Balaban J connectivity index is 2.38. The molecule has 0 saturated heterocycles. The normalized spacial score (nSPS) is 11.0. The molecule has 3 rings (SSSR count). The van der Waals surface area contributed by atoms with Gasteiger partial charge in [0.15, 0.2) is 22.6 Å². The fraction of sp³-hybridized carbons (Fsp3) is 0.0625. The third-order valence-electron chi connectivity index (χ3n) is 3.54. The highest BCUT2D eigenvalue weighted by Crippen LogP contribution is 2.35. The minimum atomic E-state index is -1.21. The summed E-state index contributed by atoms with van der Waals surface area (Å²) in [6.45, 7) is 0. The van der Waals surface area contributed by atoms with Crippen molar-refractivity contribution >= 4 is 22.3 Å². The van der Waals surface area contributed by atoms with Crippen LogP contribution in [0.3, 0.4) is 0 Å². The average molecular weight is 336 g/mol. The predicted molar refractivity (Wildman–Crippen MR) is 83.2 cm³/mol. The molecule has 0 aliphatic carbocycles. The number of ether oxygens (including phenoxy) is 1. The van der Waals surface area contributed by atoms with E-state index in [1.165, 1.54) is 12.1 Å². The number of nitrogen functional groups attached to an aromatic ring is 2. The molecular weight excluding hydrogens is 325 g/mol. The van der Waals surface area contributed by atoms with Crippen LogP contribution in [0.1, 0.15) is 0 Å². The number of halogens is 3. The topological polar surface area (TPSA) is 91.5 Å². The van der Waals surface area contributed by atoms with Crippen molar-refractivity contribution in [1.29, 1.82) is 0 Å². The smallest absolute Gasteiger partial charge is 0.211 e. The van der Waals surface area contributed by atoms with Crippen molar-refractivity contribution in [2.45, 2.75) is 0 Å². The number of rotatable bonds is 2. The molecular formula is C16H11F3N2O3. The van der Waals surface area contributed by atoms with Gasteiger partial charge in [0.1, 0.15) is 11.6 Å². The van der Waals surface area contributed by atoms with Crippen LogP contribution < -0.4 is 21.6 Å². The second-order valence-electron chi connectivity index (χ2n) is 4.99. The first-order valence-electron chi connectivity index (χ1n) is 6.68. The Labute approximate surface area is 133 Å². The summed E-state index contributed by atoms with van der Waals surface area (Å²) in [5, 5.41) is -0.453. The number of hydrogen-bond donors (Lipinski definition) is 2. The Morgan fingerprint density at radius 2 is 1.79 bits per heavy atom. The van der Waals surface area contributed by atoms with Crippen LogP contribution in [0.4, 0.5) is 24.5 Å². The lowest BCUT2D eigenvalue weighted by atomic mass is 10.1. The number of benzene rings is 2. The molecule has 5 nitrogen and oxygen atoms in total. The van der Waals surface area contributed by atoms with E-state index in [1.54, 1.807) is 0 Å². The highest BCUT2D eigenvalue weighted by atomic mass is 19.1. The van der Waals surface area contributed by atoms with Crippen LogP contribution in [0.25, 0.3) is 22.3 Å². The van der Waals surface area contributed by atoms with Crippen LogP contribution in [0.5, 0.6) is 5.75 Å². The van der Waals surface area contributed by atoms with Gasteiger partial charge in [0.05, 0.1) is 23.9 Å². The van der Waals surface area contributed by atoms with Crippen LogP contribution in [-0.4, -0.2) is 7.11 Å². The van der Waals surface area contributed by atoms with E-state index in [4.69, 9.17) is 15.9 Å². The largest absolute Gasteiger partial charge is 0.491 e. The van der Waals surface area contributed by atoms with Crippen molar-refractivity contribution in [3.05, 3.63) is 51.9 Å². The van der Waals surface area contributed by atoms with Gasteiger partial charge in [0.2, 0.25) is 5.82 Å². The summed E-state index contributed by atoms with van der Waals surface area (Å²) >= 11 is 0. The molecule has 2 aromatic carbocycles. The van der Waals surface area contributed by atoms with Gasteiger partial charge >= 0.3 is 0 Å². The van der Waals surface area contributed by atoms with E-state index in [2.05, 4.69) is 4.74 Å². The molecule has 1 aromatic heterocycles. The van der Waals surface area contributed by atoms with Crippen molar-refractivity contribution in [3.63, 3.8) is 0 Å². The lowest BCUT2D eigenvalue weighted by Gasteiger charge is -2.10. The van der Waals surface area contributed by atoms with Gasteiger partial charge in [-0.15, -0.1) is 0 Å². The second kappa shape index (κ2) is 5.48. The molecule has 0 radical (unpaired) electrons. The fourth-order valence-corrected chi connectivity index (χ4v) is 2.34. The summed E-state index contributed by atoms with van der Waals surface area (Å²) in [4.78, 5) is 12.2. The molecule has 0 fully saturated rings. The summed E-state index contributed by atoms with van der Waals surface area (Å²) in [6, 6.07) is 4.66. The van der Waals surface area contributed by atoms with Crippen LogP contribution in [-0.2, 0) is 0 Å². The Kier molecular flexibility index (Phi) is 3.59. The fourth-order valence-electron chi connectivity index (χ4n) is 2.34. The lowest BCUT2D eigenvalue weighted by Crippen LogP contribution is -2.09. The lowest BCUT2D eigenvalue weighted by molar-refractivity contribution is 0.360. The molecule has 4 N–H and O–H groups in total. The zero-order valence-electron chi connectivity index (χ0n) is 12.3. The molecule has 3 aromatic rings. The summed E-state index contributed by atoms with van der Waals surface area (Å²) in [5.41, 5.74) is 9.04. The number of nitrogens with two attached hydrogens (primary N) is 2. The maximum Gasteiger partial charge on any atom is 0.211 e. The zero-order chi connectivity index (χ0) is 17.6. The SMILES string of the molecule is COc1c(F)c(N)c2c(=O)cc(-c3ccc(N)c(F)c3)oc2c1F. The van der Waals surface area contributed by atoms with E-state index < -0.39 is 45.3 Å². The van der Waals surface area contributed by atoms with Crippen molar-refractivity contribution in [2.75, 3.05) is 18.6 Å². The molecule has 0 saturated carbocycles. The zero-order valence-corrected chi connectivity index (χ0v) is 12.3. The monoisotopic (exact) mass is 336 g/mol. The molecule has 0 unspecified atom stereocenters. The van der Waals surface area contributed by atoms with Crippen molar-refractivity contribution in [2.24, 2.45) is 0 Å². The minimum absolute atomic E-state index is 0.0962.